The molecule has 1 aromatic rings. The van der Waals surface area contributed by atoms with Crippen LogP contribution in [0.5, 0.6) is 0 Å². The molecule has 1 aromatic carbocycles. The van der Waals surface area contributed by atoms with Crippen LogP contribution in [0.25, 0.3) is 0 Å². The molecular weight excluding hydrogens is 279 g/mol. The highest BCUT2D eigenvalue weighted by Crippen LogP contribution is 2.34. The van der Waals surface area contributed by atoms with Crippen molar-refractivity contribution in [1.29, 1.82) is 5.26 Å². The van der Waals surface area contributed by atoms with E-state index in [1.807, 2.05) is 0 Å². The second-order valence-corrected chi connectivity index (χ2v) is 6.58. The van der Waals surface area contributed by atoms with Crippen molar-refractivity contribution in [2.75, 3.05) is 13.2 Å². The zero-order chi connectivity index (χ0) is 16.2. The summed E-state index contributed by atoms with van der Waals surface area (Å²) < 4.78 is 12.3. The highest BCUT2D eigenvalue weighted by atomic mass is 19.1. The molecule has 0 heterocycles. The van der Waals surface area contributed by atoms with Gasteiger partial charge in [-0.15, -0.1) is 4.99 Å². The third-order valence-corrected chi connectivity index (χ3v) is 3.95. The van der Waals surface area contributed by atoms with Crippen LogP contribution in [0.15, 0.2) is 23.2 Å². The Bertz CT molecular complexity index is 596. The Balaban J connectivity index is 2.20. The van der Waals surface area contributed by atoms with E-state index in [1.54, 1.807) is 6.19 Å². The largest absolute Gasteiger partial charge is 0.353 e. The summed E-state index contributed by atoms with van der Waals surface area (Å²) in [5.41, 5.74) is 3.96. The molecule has 4 nitrogen and oxygen atoms in total. The van der Waals surface area contributed by atoms with E-state index in [-0.39, 0.29) is 18.0 Å². The Hall–Kier alpha value is -2.09. The summed E-state index contributed by atoms with van der Waals surface area (Å²) in [6.07, 6.45) is 3.70. The van der Waals surface area contributed by atoms with Gasteiger partial charge < -0.3 is 10.6 Å². The predicted molar refractivity (Wildman–Crippen MR) is 86.4 cm³/mol. The van der Waals surface area contributed by atoms with E-state index in [4.69, 9.17) is 5.26 Å². The molecule has 0 aliphatic heterocycles. The second kappa shape index (κ2) is 6.78. The van der Waals surface area contributed by atoms with E-state index in [2.05, 4.69) is 54.6 Å². The lowest BCUT2D eigenvalue weighted by Crippen LogP contribution is -2.39. The van der Waals surface area contributed by atoms with Crippen molar-refractivity contribution < 1.29 is 4.39 Å². The minimum atomic E-state index is -0.498. The van der Waals surface area contributed by atoms with E-state index in [9.17, 15) is 4.39 Å². The number of benzene rings is 1. The number of halogens is 1. The van der Waals surface area contributed by atoms with Crippen LogP contribution in [0.2, 0.25) is 0 Å². The Morgan fingerprint density at radius 2 is 2.23 bits per heavy atom. The van der Waals surface area contributed by atoms with Crippen LogP contribution >= 0.6 is 0 Å². The van der Waals surface area contributed by atoms with Crippen LogP contribution in [0.4, 0.5) is 4.39 Å². The molecule has 0 spiro atoms. The van der Waals surface area contributed by atoms with E-state index >= 15 is 0 Å². The van der Waals surface area contributed by atoms with Crippen molar-refractivity contribution in [2.45, 2.75) is 45.1 Å². The molecule has 22 heavy (non-hydrogen) atoms. The van der Waals surface area contributed by atoms with Crippen molar-refractivity contribution in [3.63, 3.8) is 0 Å². The van der Waals surface area contributed by atoms with Crippen LogP contribution in [0.3, 0.4) is 0 Å². The first-order valence-electron chi connectivity index (χ1n) is 7.62. The fourth-order valence-corrected chi connectivity index (χ4v) is 2.72. The van der Waals surface area contributed by atoms with Gasteiger partial charge in [0.2, 0.25) is 12.2 Å². The summed E-state index contributed by atoms with van der Waals surface area (Å²) >= 11 is 0. The Labute approximate surface area is 131 Å². The van der Waals surface area contributed by atoms with Crippen LogP contribution in [-0.4, -0.2) is 19.2 Å². The van der Waals surface area contributed by atoms with E-state index in [0.717, 1.165) is 12.8 Å². The lowest BCUT2D eigenvalue weighted by Gasteiger charge is -2.22. The van der Waals surface area contributed by atoms with Crippen molar-refractivity contribution in [2.24, 2.45) is 4.99 Å². The van der Waals surface area contributed by atoms with Gasteiger partial charge in [-0.3, -0.25) is 0 Å². The molecule has 0 saturated carbocycles. The molecule has 1 atom stereocenters. The number of alkyl halides is 1. The molecule has 0 saturated heterocycles. The zero-order valence-corrected chi connectivity index (χ0v) is 13.4. The van der Waals surface area contributed by atoms with Gasteiger partial charge >= 0.3 is 0 Å². The normalized spacial score (nSPS) is 17.8. The molecule has 0 aromatic heterocycles. The minimum Gasteiger partial charge on any atom is -0.353 e. The van der Waals surface area contributed by atoms with Gasteiger partial charge in [-0.25, -0.2) is 4.39 Å². The molecule has 0 bridgehead atoms. The van der Waals surface area contributed by atoms with Gasteiger partial charge in [0.25, 0.3) is 0 Å². The summed E-state index contributed by atoms with van der Waals surface area (Å²) in [4.78, 5) is 3.70. The predicted octanol–water partition coefficient (Wildman–Crippen LogP) is 2.96. The quantitative estimate of drug-likeness (QED) is 0.513. The minimum absolute atomic E-state index is 0.0955. The van der Waals surface area contributed by atoms with Gasteiger partial charge in [0.05, 0.1) is 6.04 Å². The number of rotatable bonds is 3. The van der Waals surface area contributed by atoms with Crippen LogP contribution in [0, 0.1) is 11.5 Å². The van der Waals surface area contributed by atoms with Gasteiger partial charge in [0, 0.05) is 6.54 Å². The lowest BCUT2D eigenvalue weighted by atomic mass is 9.85. The maximum atomic E-state index is 12.3. The van der Waals surface area contributed by atoms with E-state index < -0.39 is 6.67 Å². The van der Waals surface area contributed by atoms with Crippen LogP contribution in [0.1, 0.15) is 49.9 Å². The first-order valence-corrected chi connectivity index (χ1v) is 7.62. The number of hydrogen-bond acceptors (Lipinski definition) is 2. The van der Waals surface area contributed by atoms with Crippen LogP contribution in [-0.2, 0) is 11.8 Å². The first-order chi connectivity index (χ1) is 10.5. The lowest BCUT2D eigenvalue weighted by molar-refractivity contribution is 0.487. The first kappa shape index (κ1) is 16.3. The summed E-state index contributed by atoms with van der Waals surface area (Å²) in [7, 11) is 0. The molecule has 1 unspecified atom stereocenters. The highest BCUT2D eigenvalue weighted by Gasteiger charge is 2.25. The summed E-state index contributed by atoms with van der Waals surface area (Å²) in [6.45, 7) is 6.23. The van der Waals surface area contributed by atoms with Gasteiger partial charge in [0.15, 0.2) is 0 Å². The average molecular weight is 302 g/mol. The molecule has 5 heteroatoms. The number of aryl methyl sites for hydroxylation is 1. The third-order valence-electron chi connectivity index (χ3n) is 3.95. The van der Waals surface area contributed by atoms with E-state index in [1.165, 1.54) is 16.7 Å². The number of nitrogens with one attached hydrogen (secondary N) is 2. The highest BCUT2D eigenvalue weighted by molar-refractivity contribution is 5.81. The molecule has 118 valence electrons. The van der Waals surface area contributed by atoms with Gasteiger partial charge in [-0.1, -0.05) is 39.0 Å². The summed E-state index contributed by atoms with van der Waals surface area (Å²) in [6, 6.07) is 6.72. The van der Waals surface area contributed by atoms with Gasteiger partial charge in [-0.2, -0.15) is 5.26 Å². The fraction of sp³-hybridized carbons (Fsp3) is 0.529. The SMILES string of the molecule is CC(C)(C)c1ccc2c(c1)C(N/C(=N/C#N)NCCF)CC2. The summed E-state index contributed by atoms with van der Waals surface area (Å²) in [5, 5.41) is 14.8. The number of guanidine groups is 1. The van der Waals surface area contributed by atoms with E-state index in [0.29, 0.717) is 5.96 Å². The summed E-state index contributed by atoms with van der Waals surface area (Å²) in [5.74, 6) is 0.346. The third kappa shape index (κ3) is 3.76. The molecule has 1 aliphatic carbocycles. The number of nitrogens with zero attached hydrogens (tertiary/aromatic N) is 2. The molecule has 0 radical (unpaired) electrons. The Morgan fingerprint density at radius 1 is 1.45 bits per heavy atom. The smallest absolute Gasteiger partial charge is 0.209 e. The monoisotopic (exact) mass is 302 g/mol. The van der Waals surface area contributed by atoms with Crippen molar-refractivity contribution >= 4 is 5.96 Å². The standard InChI is InChI=1S/C17H23FN4/c1-17(2,3)13-6-4-12-5-7-15(14(12)10-13)22-16(21-11-19)20-9-8-18/h4,6,10,15H,5,7-9H2,1-3H3,(H2,20,21,22). The average Bonchev–Trinajstić information content (AvgIpc) is 2.86. The topological polar surface area (TPSA) is 60.2 Å². The second-order valence-electron chi connectivity index (χ2n) is 6.58. The molecule has 1 aliphatic rings. The maximum Gasteiger partial charge on any atom is 0.209 e. The van der Waals surface area contributed by atoms with Crippen molar-refractivity contribution in [3.05, 3.63) is 34.9 Å². The number of hydrogen-bond donors (Lipinski definition) is 2. The zero-order valence-electron chi connectivity index (χ0n) is 13.4. The van der Waals surface area contributed by atoms with Crippen LogP contribution < -0.4 is 10.6 Å². The number of aliphatic imine (C=N–C) groups is 1. The number of fused-ring (bicyclic) bond motifs is 1. The Kier molecular flexibility index (Phi) is 5.02. The molecule has 0 amide bonds. The van der Waals surface area contributed by atoms with Gasteiger partial charge in [-0.05, 0) is 34.9 Å². The van der Waals surface area contributed by atoms with Gasteiger partial charge in [0.1, 0.15) is 6.67 Å². The molecule has 2 rings (SSSR count). The molecular formula is C17H23FN4. The number of nitriles is 1. The molecule has 2 N–H and O–H groups in total. The van der Waals surface area contributed by atoms with Crippen molar-refractivity contribution in [1.82, 2.24) is 10.6 Å². The Morgan fingerprint density at radius 3 is 2.86 bits per heavy atom. The maximum absolute atomic E-state index is 12.3. The molecule has 0 fully saturated rings. The fourth-order valence-electron chi connectivity index (χ4n) is 2.72. The van der Waals surface area contributed by atoms with Crippen molar-refractivity contribution in [3.8, 4) is 6.19 Å².